The van der Waals surface area contributed by atoms with E-state index in [1.54, 1.807) is 24.3 Å². The van der Waals surface area contributed by atoms with E-state index >= 15 is 0 Å². The molecule has 1 unspecified atom stereocenters. The molecule has 9 N–H and O–H groups in total. The van der Waals surface area contributed by atoms with Crippen molar-refractivity contribution in [1.29, 1.82) is 0 Å². The molecule has 11 heteroatoms. The molecule has 0 aliphatic heterocycles. The van der Waals surface area contributed by atoms with Crippen molar-refractivity contribution in [1.82, 2.24) is 10.4 Å². The molecule has 0 fully saturated rings. The highest BCUT2D eigenvalue weighted by molar-refractivity contribution is 7.55. The second kappa shape index (κ2) is 15.1. The lowest BCUT2D eigenvalue weighted by Gasteiger charge is -2.24. The Kier molecular flexibility index (Phi) is 14.2. The number of amides is 1. The molecule has 1 amide bonds. The van der Waals surface area contributed by atoms with Crippen LogP contribution in [0.2, 0.25) is 0 Å². The van der Waals surface area contributed by atoms with Crippen molar-refractivity contribution in [2.24, 2.45) is 17.4 Å². The predicted octanol–water partition coefficient (Wildman–Crippen LogP) is -0.116. The first kappa shape index (κ1) is 28.2. The Hall–Kier alpha value is -1.81. The Balaban J connectivity index is 0.00000192. The highest BCUT2D eigenvalue weighted by atomic mass is 31.2. The van der Waals surface area contributed by atoms with E-state index in [0.717, 1.165) is 5.56 Å². The van der Waals surface area contributed by atoms with Gasteiger partial charge in [-0.2, -0.15) is 0 Å². The molecular formula is C19H35N4O6P. The van der Waals surface area contributed by atoms with Crippen molar-refractivity contribution < 1.29 is 29.3 Å². The van der Waals surface area contributed by atoms with Crippen molar-refractivity contribution in [2.75, 3.05) is 25.9 Å². The van der Waals surface area contributed by atoms with Crippen LogP contribution in [-0.2, 0) is 20.6 Å². The van der Waals surface area contributed by atoms with Crippen LogP contribution in [0, 0.1) is 5.92 Å². The fourth-order valence-electron chi connectivity index (χ4n) is 2.50. The van der Waals surface area contributed by atoms with Gasteiger partial charge in [0.15, 0.2) is 0 Å². The number of aliphatic hydroxyl groups excluding tert-OH is 1. The summed E-state index contributed by atoms with van der Waals surface area (Å²) in [5.74, 6) is -1.70. The minimum atomic E-state index is -3.82. The van der Waals surface area contributed by atoms with Gasteiger partial charge in [0.1, 0.15) is 6.04 Å². The van der Waals surface area contributed by atoms with Gasteiger partial charge in [-0.3, -0.25) is 9.36 Å². The number of rotatable bonds is 12. The third-order valence-electron chi connectivity index (χ3n) is 3.84. The Morgan fingerprint density at radius 3 is 2.10 bits per heavy atom. The number of nitrogens with one attached hydrogen (secondary N) is 2. The van der Waals surface area contributed by atoms with Crippen LogP contribution in [0.15, 0.2) is 30.3 Å². The summed E-state index contributed by atoms with van der Waals surface area (Å²) in [6.07, 6.45) is 0.231. The molecule has 0 bridgehead atoms. The maximum absolute atomic E-state index is 12.6. The van der Waals surface area contributed by atoms with Crippen LogP contribution in [0.5, 0.6) is 0 Å². The van der Waals surface area contributed by atoms with Crippen LogP contribution in [0.1, 0.15) is 25.8 Å². The predicted molar refractivity (Wildman–Crippen MR) is 116 cm³/mol. The Morgan fingerprint density at radius 2 is 1.67 bits per heavy atom. The molecule has 0 saturated heterocycles. The van der Waals surface area contributed by atoms with E-state index in [-0.39, 0.29) is 38.1 Å². The summed E-state index contributed by atoms with van der Waals surface area (Å²) in [7, 11) is -3.82. The molecule has 172 valence electrons. The molecule has 1 aromatic rings. The molecule has 0 aliphatic carbocycles. The Labute approximate surface area is 177 Å². The zero-order valence-electron chi connectivity index (χ0n) is 17.5. The van der Waals surface area contributed by atoms with E-state index in [4.69, 9.17) is 16.6 Å². The van der Waals surface area contributed by atoms with Crippen molar-refractivity contribution in [3.63, 3.8) is 0 Å². The number of aliphatic hydroxyl groups is 1. The molecule has 0 radical (unpaired) electrons. The lowest BCUT2D eigenvalue weighted by molar-refractivity contribution is -0.142. The Morgan fingerprint density at radius 1 is 1.10 bits per heavy atom. The van der Waals surface area contributed by atoms with E-state index in [0.29, 0.717) is 6.54 Å². The van der Waals surface area contributed by atoms with Crippen molar-refractivity contribution >= 4 is 19.4 Å². The fraction of sp³-hybridized carbons (Fsp3) is 0.579. The summed E-state index contributed by atoms with van der Waals surface area (Å²) in [5.41, 5.74) is 10.9. The minimum Gasteiger partial charge on any atom is -0.480 e. The first-order valence-electron chi connectivity index (χ1n) is 9.74. The first-order chi connectivity index (χ1) is 14.1. The normalized spacial score (nSPS) is 14.8. The van der Waals surface area contributed by atoms with E-state index in [1.807, 2.05) is 19.9 Å². The van der Waals surface area contributed by atoms with E-state index < -0.39 is 31.5 Å². The minimum absolute atomic E-state index is 0.00838. The van der Waals surface area contributed by atoms with Gasteiger partial charge in [-0.1, -0.05) is 44.2 Å². The topological polar surface area (TPSA) is 188 Å². The monoisotopic (exact) mass is 446 g/mol. The maximum Gasteiger partial charge on any atom is 0.326 e. The molecule has 0 aromatic heterocycles. The van der Waals surface area contributed by atoms with Gasteiger partial charge < -0.3 is 31.9 Å². The lowest BCUT2D eigenvalue weighted by Crippen LogP contribution is -2.50. The molecule has 30 heavy (non-hydrogen) atoms. The second-order valence-electron chi connectivity index (χ2n) is 7.13. The van der Waals surface area contributed by atoms with Crippen LogP contribution < -0.4 is 21.9 Å². The average Bonchev–Trinajstić information content (AvgIpc) is 2.67. The molecule has 0 heterocycles. The molecule has 0 aliphatic rings. The molecule has 1 rings (SSSR count). The van der Waals surface area contributed by atoms with Crippen LogP contribution in [0.25, 0.3) is 0 Å². The third-order valence-corrected chi connectivity index (χ3v) is 5.42. The summed E-state index contributed by atoms with van der Waals surface area (Å²) >= 11 is 0. The van der Waals surface area contributed by atoms with Crippen LogP contribution in [0.3, 0.4) is 0 Å². The lowest BCUT2D eigenvalue weighted by atomic mass is 10.0. The van der Waals surface area contributed by atoms with E-state index in [1.165, 1.54) is 0 Å². The SMILES string of the molecule is CC(C)C[C@H](NC(=O)[C@H](Cc1ccccc1)NP(=O)(O)CCN)C(=O)O.NCCO. The first-order valence-corrected chi connectivity index (χ1v) is 11.6. The quantitative estimate of drug-likeness (QED) is 0.215. The van der Waals surface area contributed by atoms with Crippen LogP contribution >= 0.6 is 7.52 Å². The van der Waals surface area contributed by atoms with E-state index in [9.17, 15) is 24.2 Å². The van der Waals surface area contributed by atoms with Gasteiger partial charge in [-0.05, 0) is 24.3 Å². The number of benzene rings is 1. The van der Waals surface area contributed by atoms with Gasteiger partial charge in [0.2, 0.25) is 5.91 Å². The van der Waals surface area contributed by atoms with Crippen molar-refractivity contribution in [2.45, 2.75) is 38.8 Å². The fourth-order valence-corrected chi connectivity index (χ4v) is 3.67. The van der Waals surface area contributed by atoms with Gasteiger partial charge in [0.05, 0.1) is 18.8 Å². The van der Waals surface area contributed by atoms with Gasteiger partial charge in [0, 0.05) is 13.1 Å². The molecule has 0 spiro atoms. The number of carboxylic acids is 1. The molecule has 1 aromatic carbocycles. The highest BCUT2D eigenvalue weighted by Gasteiger charge is 2.30. The zero-order valence-corrected chi connectivity index (χ0v) is 18.4. The van der Waals surface area contributed by atoms with Crippen molar-refractivity contribution in [3.8, 4) is 0 Å². The number of hydrogen-bond donors (Lipinski definition) is 7. The molecule has 0 saturated carbocycles. The molecular weight excluding hydrogens is 411 g/mol. The summed E-state index contributed by atoms with van der Waals surface area (Å²) < 4.78 is 12.2. The smallest absolute Gasteiger partial charge is 0.326 e. The van der Waals surface area contributed by atoms with Gasteiger partial charge in [-0.25, -0.2) is 9.88 Å². The summed E-state index contributed by atoms with van der Waals surface area (Å²) in [6, 6.07) is 6.87. The number of hydrogen-bond acceptors (Lipinski definition) is 6. The molecule has 3 atom stereocenters. The van der Waals surface area contributed by atoms with Crippen molar-refractivity contribution in [3.05, 3.63) is 35.9 Å². The number of carbonyl (C=O) groups is 2. The van der Waals surface area contributed by atoms with Gasteiger partial charge >= 0.3 is 5.97 Å². The largest absolute Gasteiger partial charge is 0.480 e. The van der Waals surface area contributed by atoms with Gasteiger partial charge in [0.25, 0.3) is 7.52 Å². The number of carbonyl (C=O) groups excluding carboxylic acids is 1. The Bertz CT molecular complexity index is 672. The summed E-state index contributed by atoms with van der Waals surface area (Å²) in [4.78, 5) is 34.0. The van der Waals surface area contributed by atoms with E-state index in [2.05, 4.69) is 10.4 Å². The van der Waals surface area contributed by atoms with Gasteiger partial charge in [-0.15, -0.1) is 0 Å². The number of carboxylic acid groups (broad SMARTS) is 1. The average molecular weight is 446 g/mol. The highest BCUT2D eigenvalue weighted by Crippen LogP contribution is 2.35. The van der Waals surface area contributed by atoms with Crippen LogP contribution in [-0.4, -0.2) is 64.9 Å². The molecule has 10 nitrogen and oxygen atoms in total. The summed E-state index contributed by atoms with van der Waals surface area (Å²) in [6.45, 7) is 4.17. The number of nitrogens with two attached hydrogens (primary N) is 2. The zero-order chi connectivity index (χ0) is 23.2. The third kappa shape index (κ3) is 12.7. The number of aliphatic carboxylic acids is 1. The summed E-state index contributed by atoms with van der Waals surface area (Å²) in [5, 5.41) is 22.0. The second-order valence-corrected chi connectivity index (χ2v) is 9.24. The van der Waals surface area contributed by atoms with Crippen LogP contribution in [0.4, 0.5) is 0 Å². The maximum atomic E-state index is 12.6. The standard InChI is InChI=1S/C17H28N3O5P.C2H7NO/c1-12(2)10-15(17(22)23)19-16(21)14(20-26(24,25)9-8-18)11-13-6-4-3-5-7-13;3-1-2-4/h3-7,12,14-15H,8-11,18H2,1-2H3,(H,19,21)(H,22,23)(H2,20,24,25);4H,1-3H2/t14-,15-;/m0./s1.